The number of fused-ring (bicyclic) bond motifs is 2. The number of carbonyl (C=O) groups excluding carboxylic acids is 1. The van der Waals surface area contributed by atoms with Gasteiger partial charge in [-0.05, 0) is 37.1 Å². The molecule has 8 nitrogen and oxygen atoms in total. The van der Waals surface area contributed by atoms with Crippen molar-refractivity contribution in [3.63, 3.8) is 0 Å². The van der Waals surface area contributed by atoms with Gasteiger partial charge < -0.3 is 19.5 Å². The molecule has 2 unspecified atom stereocenters. The summed E-state index contributed by atoms with van der Waals surface area (Å²) in [7, 11) is 0. The van der Waals surface area contributed by atoms with Gasteiger partial charge in [-0.15, -0.1) is 0 Å². The molecule has 1 amide bonds. The van der Waals surface area contributed by atoms with Gasteiger partial charge in [0.15, 0.2) is 5.82 Å². The minimum absolute atomic E-state index is 0.0456. The third kappa shape index (κ3) is 4.97. The first-order valence-corrected chi connectivity index (χ1v) is 11.2. The number of morpholine rings is 1. The van der Waals surface area contributed by atoms with E-state index >= 15 is 0 Å². The van der Waals surface area contributed by atoms with Crippen molar-refractivity contribution in [2.75, 3.05) is 36.5 Å². The molecule has 2 atom stereocenters. The predicted octanol–water partition coefficient (Wildman–Crippen LogP) is 3.72. The lowest BCUT2D eigenvalue weighted by Crippen LogP contribution is -2.43. The minimum Gasteiger partial charge on any atom is -0.447 e. The Labute approximate surface area is 192 Å². The molecule has 0 aliphatic carbocycles. The van der Waals surface area contributed by atoms with Crippen LogP contribution in [0.3, 0.4) is 0 Å². The maximum Gasteiger partial charge on any atom is 0.411 e. The molecule has 1 aromatic heterocycles. The Kier molecular flexibility index (Phi) is 6.19. The first kappa shape index (κ1) is 21.4. The van der Waals surface area contributed by atoms with Crippen molar-refractivity contribution in [1.29, 1.82) is 0 Å². The highest BCUT2D eigenvalue weighted by atomic mass is 16.6. The largest absolute Gasteiger partial charge is 0.447 e. The molecule has 2 bridgehead atoms. The number of nitrogens with one attached hydrogen (secondary N) is 1. The van der Waals surface area contributed by atoms with Crippen LogP contribution in [-0.2, 0) is 9.47 Å². The minimum atomic E-state index is -0.608. The van der Waals surface area contributed by atoms with Gasteiger partial charge in [-0.25, -0.2) is 14.8 Å². The van der Waals surface area contributed by atoms with E-state index < -0.39 is 6.09 Å². The van der Waals surface area contributed by atoms with Crippen LogP contribution >= 0.6 is 0 Å². The summed E-state index contributed by atoms with van der Waals surface area (Å²) < 4.78 is 10.8. The van der Waals surface area contributed by atoms with Crippen LogP contribution < -0.4 is 10.2 Å². The lowest BCUT2D eigenvalue weighted by atomic mass is 10.1. The van der Waals surface area contributed by atoms with Crippen molar-refractivity contribution >= 4 is 17.6 Å². The van der Waals surface area contributed by atoms with Crippen LogP contribution in [0.2, 0.25) is 0 Å². The summed E-state index contributed by atoms with van der Waals surface area (Å²) in [6.45, 7) is 1.41. The number of hydrogen-bond acceptors (Lipinski definition) is 7. The number of aromatic nitrogens is 2. The zero-order valence-electron chi connectivity index (χ0n) is 18.2. The second-order valence-electron chi connectivity index (χ2n) is 8.23. The summed E-state index contributed by atoms with van der Waals surface area (Å²) in [4.78, 5) is 23.8. The third-order valence-electron chi connectivity index (χ3n) is 5.86. The summed E-state index contributed by atoms with van der Waals surface area (Å²) in [6.07, 6.45) is 2.11. The molecule has 0 saturated carbocycles. The lowest BCUT2D eigenvalue weighted by Gasteiger charge is -2.33. The fraction of sp³-hybridized carbons (Fsp3) is 0.320. The quantitative estimate of drug-likeness (QED) is 0.596. The maximum atomic E-state index is 11.7. The van der Waals surface area contributed by atoms with Gasteiger partial charge in [0.2, 0.25) is 0 Å². The Bertz CT molecular complexity index is 1100. The highest BCUT2D eigenvalue weighted by Gasteiger charge is 2.34. The number of carbonyl (C=O) groups is 1. The number of nitrogens with zero attached hydrogens (tertiary/aromatic N) is 3. The van der Waals surface area contributed by atoms with Gasteiger partial charge >= 0.3 is 6.09 Å². The first-order chi connectivity index (χ1) is 16.2. The normalized spacial score (nSPS) is 19.4. The Morgan fingerprint density at radius 1 is 1.03 bits per heavy atom. The third-order valence-corrected chi connectivity index (χ3v) is 5.86. The molecule has 33 heavy (non-hydrogen) atoms. The monoisotopic (exact) mass is 446 g/mol. The van der Waals surface area contributed by atoms with Gasteiger partial charge in [0.05, 0.1) is 24.5 Å². The van der Waals surface area contributed by atoms with E-state index in [1.165, 1.54) is 0 Å². The van der Waals surface area contributed by atoms with Crippen molar-refractivity contribution < 1.29 is 19.4 Å². The first-order valence-electron chi connectivity index (χ1n) is 11.2. The van der Waals surface area contributed by atoms with E-state index in [-0.39, 0.29) is 25.4 Å². The Morgan fingerprint density at radius 2 is 1.76 bits per heavy atom. The summed E-state index contributed by atoms with van der Waals surface area (Å²) in [5.41, 5.74) is 3.33. The smallest absolute Gasteiger partial charge is 0.411 e. The van der Waals surface area contributed by atoms with E-state index in [0.29, 0.717) is 11.5 Å². The molecule has 2 N–H and O–H groups in total. The number of aliphatic hydroxyl groups is 1. The van der Waals surface area contributed by atoms with Crippen LogP contribution in [0.15, 0.2) is 60.7 Å². The molecular weight excluding hydrogens is 420 g/mol. The molecule has 2 aromatic carbocycles. The molecule has 0 spiro atoms. The molecule has 2 aliphatic rings. The van der Waals surface area contributed by atoms with Crippen molar-refractivity contribution in [3.05, 3.63) is 60.7 Å². The molecule has 3 aromatic rings. The second-order valence-corrected chi connectivity index (χ2v) is 8.23. The summed E-state index contributed by atoms with van der Waals surface area (Å²) in [5, 5.41) is 11.4. The van der Waals surface area contributed by atoms with E-state index in [1.807, 2.05) is 42.5 Å². The second kappa shape index (κ2) is 9.56. The van der Waals surface area contributed by atoms with Gasteiger partial charge in [-0.2, -0.15) is 0 Å². The van der Waals surface area contributed by atoms with Gasteiger partial charge in [-0.1, -0.05) is 30.3 Å². The molecule has 170 valence electrons. The van der Waals surface area contributed by atoms with Crippen LogP contribution in [0.25, 0.3) is 22.6 Å². The molecule has 0 radical (unpaired) electrons. The van der Waals surface area contributed by atoms with Crippen molar-refractivity contribution in [2.24, 2.45) is 0 Å². The fourth-order valence-corrected chi connectivity index (χ4v) is 4.28. The SMILES string of the molecule is O=C(Nc1ccc(-c2nc(-c3ccccc3)cc(N3CC4CCC(C3)O4)n2)cc1)OCCO. The van der Waals surface area contributed by atoms with Crippen LogP contribution in [-0.4, -0.2) is 59.7 Å². The van der Waals surface area contributed by atoms with E-state index in [9.17, 15) is 4.79 Å². The van der Waals surface area contributed by atoms with Crippen LogP contribution in [0.5, 0.6) is 0 Å². The molecule has 3 heterocycles. The number of benzene rings is 2. The van der Waals surface area contributed by atoms with Gasteiger partial charge in [-0.3, -0.25) is 5.32 Å². The van der Waals surface area contributed by atoms with Crippen molar-refractivity contribution in [3.8, 4) is 22.6 Å². The lowest BCUT2D eigenvalue weighted by molar-refractivity contribution is 0.0302. The molecule has 2 fully saturated rings. The van der Waals surface area contributed by atoms with Gasteiger partial charge in [0.25, 0.3) is 0 Å². The van der Waals surface area contributed by atoms with Crippen LogP contribution in [0, 0.1) is 0 Å². The molecule has 2 aliphatic heterocycles. The average molecular weight is 447 g/mol. The van der Waals surface area contributed by atoms with Gasteiger partial charge in [0, 0.05) is 36.0 Å². The summed E-state index contributed by atoms with van der Waals surface area (Å²) in [5.74, 6) is 1.52. The number of ether oxygens (including phenoxy) is 2. The number of rotatable bonds is 6. The van der Waals surface area contributed by atoms with Crippen molar-refractivity contribution in [1.82, 2.24) is 9.97 Å². The van der Waals surface area contributed by atoms with Crippen LogP contribution in [0.1, 0.15) is 12.8 Å². The highest BCUT2D eigenvalue weighted by molar-refractivity contribution is 5.85. The van der Waals surface area contributed by atoms with E-state index in [0.717, 1.165) is 48.6 Å². The van der Waals surface area contributed by atoms with Crippen molar-refractivity contribution in [2.45, 2.75) is 25.0 Å². The molecular formula is C25H26N4O4. The standard InChI is InChI=1S/C25H26N4O4/c30-12-13-32-25(31)26-19-8-6-18(7-9-19)24-27-22(17-4-2-1-3-5-17)14-23(28-24)29-15-20-10-11-21(16-29)33-20/h1-9,14,20-21,30H,10-13,15-16H2,(H,26,31). The van der Waals surface area contributed by atoms with Gasteiger partial charge in [0.1, 0.15) is 12.4 Å². The number of aliphatic hydroxyl groups excluding tert-OH is 1. The zero-order chi connectivity index (χ0) is 22.6. The summed E-state index contributed by atoms with van der Waals surface area (Å²) in [6, 6.07) is 19.4. The number of anilines is 2. The number of hydrogen-bond donors (Lipinski definition) is 2. The van der Waals surface area contributed by atoms with E-state index in [1.54, 1.807) is 12.1 Å². The predicted molar refractivity (Wildman–Crippen MR) is 125 cm³/mol. The Hall–Kier alpha value is -3.49. The fourth-order valence-electron chi connectivity index (χ4n) is 4.28. The Morgan fingerprint density at radius 3 is 2.45 bits per heavy atom. The zero-order valence-corrected chi connectivity index (χ0v) is 18.2. The molecule has 2 saturated heterocycles. The highest BCUT2D eigenvalue weighted by Crippen LogP contribution is 2.32. The molecule has 8 heteroatoms. The average Bonchev–Trinajstić information content (AvgIpc) is 3.20. The maximum absolute atomic E-state index is 11.7. The van der Waals surface area contributed by atoms with E-state index in [4.69, 9.17) is 24.5 Å². The topological polar surface area (TPSA) is 96.8 Å². The number of amides is 1. The summed E-state index contributed by atoms with van der Waals surface area (Å²) >= 11 is 0. The molecule has 5 rings (SSSR count). The van der Waals surface area contributed by atoms with Crippen LogP contribution in [0.4, 0.5) is 16.3 Å². The van der Waals surface area contributed by atoms with E-state index in [2.05, 4.69) is 16.3 Å². The Balaban J connectivity index is 1.44.